The van der Waals surface area contributed by atoms with Gasteiger partial charge in [0, 0.05) is 35.8 Å². The Hall–Kier alpha value is -1.52. The van der Waals surface area contributed by atoms with Gasteiger partial charge in [-0.1, -0.05) is 32.4 Å². The maximum Gasteiger partial charge on any atom is 0.224 e. The molecule has 0 radical (unpaired) electrons. The van der Waals surface area contributed by atoms with Gasteiger partial charge in [-0.15, -0.1) is 11.3 Å². The van der Waals surface area contributed by atoms with Crippen LogP contribution in [0.3, 0.4) is 0 Å². The zero-order valence-corrected chi connectivity index (χ0v) is 18.5. The van der Waals surface area contributed by atoms with Crippen LogP contribution in [0.4, 0.5) is 11.4 Å². The van der Waals surface area contributed by atoms with Crippen LogP contribution in [-0.4, -0.2) is 12.5 Å². The molecule has 27 heavy (non-hydrogen) atoms. The Kier molecular flexibility index (Phi) is 5.87. The number of benzene rings is 1. The molecule has 1 aromatic carbocycles. The van der Waals surface area contributed by atoms with Gasteiger partial charge in [0.2, 0.25) is 5.91 Å². The molecule has 2 aromatic rings. The summed E-state index contributed by atoms with van der Waals surface area (Å²) in [4.78, 5) is 16.2. The summed E-state index contributed by atoms with van der Waals surface area (Å²) in [5, 5.41) is 3.12. The van der Waals surface area contributed by atoms with Crippen LogP contribution < -0.4 is 10.2 Å². The molecule has 1 N–H and O–H groups in total. The zero-order chi connectivity index (χ0) is 19.8. The number of carbonyl (C=O) groups is 1. The summed E-state index contributed by atoms with van der Waals surface area (Å²) in [5.74, 6) is 0.0776. The van der Waals surface area contributed by atoms with Crippen LogP contribution in [0.2, 0.25) is 4.34 Å². The van der Waals surface area contributed by atoms with Gasteiger partial charge in [0.05, 0.1) is 4.34 Å². The molecule has 2 heterocycles. The lowest BCUT2D eigenvalue weighted by molar-refractivity contribution is -0.117. The van der Waals surface area contributed by atoms with Gasteiger partial charge in [-0.05, 0) is 67.0 Å². The number of rotatable bonds is 3. The number of hydrogen-bond donors (Lipinski definition) is 1. The summed E-state index contributed by atoms with van der Waals surface area (Å²) in [5.41, 5.74) is 5.72. The van der Waals surface area contributed by atoms with Crippen molar-refractivity contribution in [1.29, 1.82) is 0 Å². The number of nitrogens with one attached hydrogen (secondary N) is 1. The normalized spacial score (nSPS) is 14.7. The van der Waals surface area contributed by atoms with E-state index in [9.17, 15) is 4.79 Å². The highest BCUT2D eigenvalue weighted by Gasteiger charge is 2.20. The maximum absolute atomic E-state index is 12.4. The topological polar surface area (TPSA) is 32.3 Å². The Labute approximate surface area is 171 Å². The van der Waals surface area contributed by atoms with E-state index < -0.39 is 0 Å². The summed E-state index contributed by atoms with van der Waals surface area (Å²) >= 11 is 7.94. The third-order valence-corrected chi connectivity index (χ3v) is 6.26. The molecule has 146 valence electrons. The Balaban J connectivity index is 1.81. The molecule has 0 atom stereocenters. The van der Waals surface area contributed by atoms with E-state index in [4.69, 9.17) is 11.6 Å². The van der Waals surface area contributed by atoms with Gasteiger partial charge in [0.25, 0.3) is 0 Å². The fraction of sp³-hybridized carbons (Fsp3) is 0.500. The number of nitrogens with zero attached hydrogens (tertiary/aromatic N) is 1. The summed E-state index contributed by atoms with van der Waals surface area (Å²) in [6.07, 6.45) is 2.75. The van der Waals surface area contributed by atoms with Crippen molar-refractivity contribution in [2.75, 3.05) is 16.8 Å². The minimum Gasteiger partial charge on any atom is -0.367 e. The zero-order valence-electron chi connectivity index (χ0n) is 16.9. The molecule has 3 rings (SSSR count). The third kappa shape index (κ3) is 5.05. The number of aryl methyl sites for hydroxylation is 3. The van der Waals surface area contributed by atoms with Crippen molar-refractivity contribution < 1.29 is 4.79 Å². The Morgan fingerprint density at radius 1 is 1.22 bits per heavy atom. The van der Waals surface area contributed by atoms with E-state index in [0.717, 1.165) is 47.1 Å². The van der Waals surface area contributed by atoms with Crippen molar-refractivity contribution in [3.63, 3.8) is 0 Å². The minimum atomic E-state index is -0.0165. The van der Waals surface area contributed by atoms with Crippen LogP contribution in [0, 0.1) is 19.3 Å². The Bertz CT molecular complexity index is 827. The predicted molar refractivity (Wildman–Crippen MR) is 117 cm³/mol. The summed E-state index contributed by atoms with van der Waals surface area (Å²) in [6.45, 7) is 12.3. The van der Waals surface area contributed by atoms with Crippen molar-refractivity contribution in [2.24, 2.45) is 5.41 Å². The largest absolute Gasteiger partial charge is 0.367 e. The number of hydrogen-bond acceptors (Lipinski definition) is 3. The molecule has 0 fully saturated rings. The highest BCUT2D eigenvalue weighted by molar-refractivity contribution is 7.16. The number of anilines is 2. The van der Waals surface area contributed by atoms with Gasteiger partial charge >= 0.3 is 0 Å². The molecule has 0 aliphatic carbocycles. The average molecular weight is 405 g/mol. The number of carbonyl (C=O) groups excluding carboxylic acids is 1. The Morgan fingerprint density at radius 2 is 1.89 bits per heavy atom. The van der Waals surface area contributed by atoms with Crippen LogP contribution >= 0.6 is 22.9 Å². The predicted octanol–water partition coefficient (Wildman–Crippen LogP) is 6.35. The fourth-order valence-corrected chi connectivity index (χ4v) is 5.05. The van der Waals surface area contributed by atoms with Crippen molar-refractivity contribution in [2.45, 2.75) is 60.4 Å². The molecule has 1 aromatic heterocycles. The first-order valence-electron chi connectivity index (χ1n) is 9.55. The first-order chi connectivity index (χ1) is 12.6. The molecule has 1 amide bonds. The van der Waals surface area contributed by atoms with E-state index >= 15 is 0 Å². The molecule has 3 nitrogen and oxygen atoms in total. The summed E-state index contributed by atoms with van der Waals surface area (Å²) in [7, 11) is 0. The van der Waals surface area contributed by atoms with Crippen LogP contribution in [0.15, 0.2) is 18.2 Å². The molecule has 5 heteroatoms. The van der Waals surface area contributed by atoms with Crippen LogP contribution in [-0.2, 0) is 17.8 Å². The Morgan fingerprint density at radius 3 is 2.52 bits per heavy atom. The van der Waals surface area contributed by atoms with Crippen molar-refractivity contribution in [1.82, 2.24) is 0 Å². The van der Waals surface area contributed by atoms with Gasteiger partial charge in [0.1, 0.15) is 0 Å². The number of halogens is 1. The fourth-order valence-electron chi connectivity index (χ4n) is 3.70. The van der Waals surface area contributed by atoms with Gasteiger partial charge in [-0.2, -0.15) is 0 Å². The molecular weight excluding hydrogens is 376 g/mol. The van der Waals surface area contributed by atoms with E-state index in [0.29, 0.717) is 6.42 Å². The second-order valence-electron chi connectivity index (χ2n) is 8.76. The SMILES string of the molecule is Cc1cc(N2CCCc3sc(Cl)cc3C2)cc(C)c1NC(=O)CC(C)(C)C. The van der Waals surface area contributed by atoms with Gasteiger partial charge < -0.3 is 10.2 Å². The second-order valence-corrected chi connectivity index (χ2v) is 10.5. The van der Waals surface area contributed by atoms with Gasteiger partial charge in [-0.3, -0.25) is 4.79 Å². The first-order valence-corrected chi connectivity index (χ1v) is 10.7. The highest BCUT2D eigenvalue weighted by atomic mass is 35.5. The lowest BCUT2D eigenvalue weighted by Gasteiger charge is -2.25. The molecule has 0 saturated carbocycles. The molecule has 0 bridgehead atoms. The average Bonchev–Trinajstić information content (AvgIpc) is 2.76. The monoisotopic (exact) mass is 404 g/mol. The maximum atomic E-state index is 12.4. The lowest BCUT2D eigenvalue weighted by Crippen LogP contribution is -2.23. The van der Waals surface area contributed by atoms with Crippen molar-refractivity contribution in [3.05, 3.63) is 44.1 Å². The lowest BCUT2D eigenvalue weighted by atomic mass is 9.92. The molecule has 0 unspecified atom stereocenters. The molecular formula is C22H29ClN2OS. The van der Waals surface area contributed by atoms with Gasteiger partial charge in [-0.25, -0.2) is 0 Å². The highest BCUT2D eigenvalue weighted by Crippen LogP contribution is 2.34. The van der Waals surface area contributed by atoms with E-state index in [2.05, 4.69) is 63.0 Å². The van der Waals surface area contributed by atoms with Crippen LogP contribution in [0.1, 0.15) is 55.2 Å². The number of amides is 1. The van der Waals surface area contributed by atoms with Crippen LogP contribution in [0.5, 0.6) is 0 Å². The molecule has 0 spiro atoms. The van der Waals surface area contributed by atoms with Gasteiger partial charge in [0.15, 0.2) is 0 Å². The number of thiophene rings is 1. The van der Waals surface area contributed by atoms with E-state index in [1.54, 1.807) is 11.3 Å². The smallest absolute Gasteiger partial charge is 0.224 e. The second kappa shape index (κ2) is 7.84. The van der Waals surface area contributed by atoms with E-state index in [1.165, 1.54) is 16.1 Å². The summed E-state index contributed by atoms with van der Waals surface area (Å²) in [6, 6.07) is 6.50. The molecule has 1 aliphatic rings. The quantitative estimate of drug-likeness (QED) is 0.646. The van der Waals surface area contributed by atoms with E-state index in [1.807, 2.05) is 0 Å². The molecule has 1 aliphatic heterocycles. The van der Waals surface area contributed by atoms with E-state index in [-0.39, 0.29) is 11.3 Å². The minimum absolute atomic E-state index is 0.0165. The standard InChI is InChI=1S/C22H29ClN2OS/c1-14-9-17(10-15(2)21(14)24-20(26)12-22(3,4)5)25-8-6-7-18-16(13-25)11-19(23)27-18/h9-11H,6-8,12-13H2,1-5H3,(H,24,26). The van der Waals surface area contributed by atoms with Crippen molar-refractivity contribution in [3.8, 4) is 0 Å². The number of fused-ring (bicyclic) bond motifs is 1. The first kappa shape index (κ1) is 20.2. The van der Waals surface area contributed by atoms with Crippen LogP contribution in [0.25, 0.3) is 0 Å². The summed E-state index contributed by atoms with van der Waals surface area (Å²) < 4.78 is 0.881. The third-order valence-electron chi connectivity index (χ3n) is 4.90. The molecule has 0 saturated heterocycles. The van der Waals surface area contributed by atoms with Crippen molar-refractivity contribution >= 4 is 40.2 Å².